The molecule has 0 aliphatic heterocycles. The number of benzene rings is 3. The first-order valence-corrected chi connectivity index (χ1v) is 9.94. The van der Waals surface area contributed by atoms with E-state index in [0.717, 1.165) is 27.0 Å². The van der Waals surface area contributed by atoms with Crippen LogP contribution in [-0.2, 0) is 11.3 Å². The summed E-state index contributed by atoms with van der Waals surface area (Å²) in [4.78, 5) is 12.1. The first kappa shape index (κ1) is 20.2. The fraction of sp³-hybridized carbons (Fsp3) is 0.136. The van der Waals surface area contributed by atoms with Gasteiger partial charge in [-0.3, -0.25) is 4.79 Å². The third kappa shape index (κ3) is 6.01. The van der Waals surface area contributed by atoms with Crippen molar-refractivity contribution in [3.63, 3.8) is 0 Å². The number of hydrogen-bond acceptors (Lipinski definition) is 3. The fourth-order valence-electron chi connectivity index (χ4n) is 2.64. The van der Waals surface area contributed by atoms with Crippen molar-refractivity contribution < 1.29 is 9.53 Å². The molecule has 0 unspecified atom stereocenters. The van der Waals surface area contributed by atoms with Crippen LogP contribution >= 0.6 is 27.5 Å². The lowest BCUT2D eigenvalue weighted by atomic mass is 10.2. The molecule has 1 amide bonds. The number of hydrogen-bond donors (Lipinski definition) is 2. The smallest absolute Gasteiger partial charge is 0.262 e. The zero-order chi connectivity index (χ0) is 19.9. The van der Waals surface area contributed by atoms with Gasteiger partial charge >= 0.3 is 0 Å². The Hall–Kier alpha value is -2.50. The van der Waals surface area contributed by atoms with Crippen molar-refractivity contribution in [1.29, 1.82) is 0 Å². The molecule has 0 aliphatic carbocycles. The molecule has 0 bridgehead atoms. The molecule has 3 aromatic rings. The van der Waals surface area contributed by atoms with Crippen molar-refractivity contribution in [3.05, 3.63) is 87.4 Å². The molecule has 28 heavy (non-hydrogen) atoms. The standard InChI is InChI=1S/C22H20BrClN2O2/c1-15-4-2-7-19(10-15)26-22(27)14-28-21-9-8-16(11-20(21)23)13-25-18-6-3-5-17(24)12-18/h2-12,25H,13-14H2,1H3,(H,26,27). The minimum absolute atomic E-state index is 0.0628. The molecule has 144 valence electrons. The summed E-state index contributed by atoms with van der Waals surface area (Å²) in [6, 6.07) is 21.0. The van der Waals surface area contributed by atoms with E-state index in [1.54, 1.807) is 0 Å². The molecule has 0 atom stereocenters. The Morgan fingerprint density at radius 3 is 2.57 bits per heavy atom. The Balaban J connectivity index is 1.53. The van der Waals surface area contributed by atoms with Crippen LogP contribution in [0.1, 0.15) is 11.1 Å². The minimum atomic E-state index is -0.204. The third-order valence-corrected chi connectivity index (χ3v) is 4.83. The van der Waals surface area contributed by atoms with Crippen LogP contribution in [-0.4, -0.2) is 12.5 Å². The van der Waals surface area contributed by atoms with Gasteiger partial charge in [0.05, 0.1) is 4.47 Å². The lowest BCUT2D eigenvalue weighted by molar-refractivity contribution is -0.118. The van der Waals surface area contributed by atoms with Gasteiger partial charge in [-0.2, -0.15) is 0 Å². The van der Waals surface area contributed by atoms with Gasteiger partial charge in [0.1, 0.15) is 5.75 Å². The van der Waals surface area contributed by atoms with Crippen molar-refractivity contribution in [2.75, 3.05) is 17.2 Å². The fourth-order valence-corrected chi connectivity index (χ4v) is 3.37. The maximum absolute atomic E-state index is 12.1. The molecule has 0 fully saturated rings. The lowest BCUT2D eigenvalue weighted by Gasteiger charge is -2.11. The molecule has 2 N–H and O–H groups in total. The van der Waals surface area contributed by atoms with E-state index in [9.17, 15) is 4.79 Å². The Kier molecular flexibility index (Phi) is 6.95. The van der Waals surface area contributed by atoms with Gasteiger partial charge < -0.3 is 15.4 Å². The molecule has 0 saturated carbocycles. The molecule has 0 aliphatic rings. The summed E-state index contributed by atoms with van der Waals surface area (Å²) < 4.78 is 6.43. The van der Waals surface area contributed by atoms with Crippen molar-refractivity contribution >= 4 is 44.8 Å². The van der Waals surface area contributed by atoms with Crippen LogP contribution < -0.4 is 15.4 Å². The number of aryl methyl sites for hydroxylation is 1. The largest absolute Gasteiger partial charge is 0.483 e. The van der Waals surface area contributed by atoms with Gasteiger partial charge in [-0.1, -0.05) is 35.9 Å². The summed E-state index contributed by atoms with van der Waals surface area (Å²) in [5.74, 6) is 0.412. The van der Waals surface area contributed by atoms with Gasteiger partial charge in [0.2, 0.25) is 0 Å². The molecule has 6 heteroatoms. The Labute approximate surface area is 178 Å². The topological polar surface area (TPSA) is 50.4 Å². The number of nitrogens with one attached hydrogen (secondary N) is 2. The number of halogens is 2. The number of carbonyl (C=O) groups is 1. The highest BCUT2D eigenvalue weighted by atomic mass is 79.9. The van der Waals surface area contributed by atoms with Crippen LogP contribution in [0.5, 0.6) is 5.75 Å². The highest BCUT2D eigenvalue weighted by molar-refractivity contribution is 9.10. The van der Waals surface area contributed by atoms with Crippen LogP contribution in [0.4, 0.5) is 11.4 Å². The molecule has 3 aromatic carbocycles. The van der Waals surface area contributed by atoms with Crippen LogP contribution in [0.3, 0.4) is 0 Å². The molecule has 3 rings (SSSR count). The van der Waals surface area contributed by atoms with E-state index < -0.39 is 0 Å². The third-order valence-electron chi connectivity index (χ3n) is 3.98. The average molecular weight is 460 g/mol. The summed E-state index contributed by atoms with van der Waals surface area (Å²) in [6.45, 7) is 2.56. The first-order valence-electron chi connectivity index (χ1n) is 8.77. The molecule has 4 nitrogen and oxygen atoms in total. The number of rotatable bonds is 7. The van der Waals surface area contributed by atoms with Gasteiger partial charge in [-0.25, -0.2) is 0 Å². The average Bonchev–Trinajstić information content (AvgIpc) is 2.66. The Morgan fingerprint density at radius 2 is 1.82 bits per heavy atom. The highest BCUT2D eigenvalue weighted by Crippen LogP contribution is 2.26. The summed E-state index contributed by atoms with van der Waals surface area (Å²) in [7, 11) is 0. The molecule has 0 spiro atoms. The second-order valence-corrected chi connectivity index (χ2v) is 7.63. The maximum Gasteiger partial charge on any atom is 0.262 e. The number of ether oxygens (including phenoxy) is 1. The first-order chi connectivity index (χ1) is 13.5. The Bertz CT molecular complexity index is 978. The second kappa shape index (κ2) is 9.62. The minimum Gasteiger partial charge on any atom is -0.483 e. The van der Waals surface area contributed by atoms with E-state index in [1.165, 1.54) is 0 Å². The normalized spacial score (nSPS) is 10.4. The van der Waals surface area contributed by atoms with Gasteiger partial charge in [0.15, 0.2) is 6.61 Å². The van der Waals surface area contributed by atoms with Crippen LogP contribution in [0.15, 0.2) is 71.2 Å². The summed E-state index contributed by atoms with van der Waals surface area (Å²) >= 11 is 9.50. The number of carbonyl (C=O) groups excluding carboxylic acids is 1. The maximum atomic E-state index is 12.1. The van der Waals surface area contributed by atoms with E-state index in [2.05, 4.69) is 26.6 Å². The van der Waals surface area contributed by atoms with Crippen molar-refractivity contribution in [2.24, 2.45) is 0 Å². The Morgan fingerprint density at radius 1 is 1.04 bits per heavy atom. The van der Waals surface area contributed by atoms with Crippen LogP contribution in [0, 0.1) is 6.92 Å². The second-order valence-electron chi connectivity index (χ2n) is 6.34. The van der Waals surface area contributed by atoms with Crippen LogP contribution in [0.25, 0.3) is 0 Å². The van der Waals surface area contributed by atoms with E-state index in [0.29, 0.717) is 17.3 Å². The monoisotopic (exact) mass is 458 g/mol. The molecular formula is C22H20BrClN2O2. The van der Waals surface area contributed by atoms with E-state index in [1.807, 2.05) is 73.7 Å². The lowest BCUT2D eigenvalue weighted by Crippen LogP contribution is -2.20. The summed E-state index contributed by atoms with van der Waals surface area (Å²) in [5.41, 5.74) is 3.87. The van der Waals surface area contributed by atoms with Crippen molar-refractivity contribution in [1.82, 2.24) is 0 Å². The van der Waals surface area contributed by atoms with Gasteiger partial charge in [-0.05, 0) is 76.4 Å². The van der Waals surface area contributed by atoms with Gasteiger partial charge in [-0.15, -0.1) is 0 Å². The molecule has 0 radical (unpaired) electrons. The van der Waals surface area contributed by atoms with Crippen molar-refractivity contribution in [2.45, 2.75) is 13.5 Å². The molecule has 0 heterocycles. The van der Waals surface area contributed by atoms with Gasteiger partial charge in [0.25, 0.3) is 5.91 Å². The predicted octanol–water partition coefficient (Wildman–Crippen LogP) is 6.04. The molecular weight excluding hydrogens is 440 g/mol. The van der Waals surface area contributed by atoms with Crippen molar-refractivity contribution in [3.8, 4) is 5.75 Å². The zero-order valence-corrected chi connectivity index (χ0v) is 17.7. The SMILES string of the molecule is Cc1cccc(NC(=O)COc2ccc(CNc3cccc(Cl)c3)cc2Br)c1. The van der Waals surface area contributed by atoms with E-state index >= 15 is 0 Å². The van der Waals surface area contributed by atoms with E-state index in [4.69, 9.17) is 16.3 Å². The van der Waals surface area contributed by atoms with Crippen LogP contribution in [0.2, 0.25) is 5.02 Å². The summed E-state index contributed by atoms with van der Waals surface area (Å²) in [6.07, 6.45) is 0. The number of anilines is 2. The summed E-state index contributed by atoms with van der Waals surface area (Å²) in [5, 5.41) is 6.84. The zero-order valence-electron chi connectivity index (χ0n) is 15.3. The molecule has 0 saturated heterocycles. The quantitative estimate of drug-likeness (QED) is 0.453. The molecule has 0 aromatic heterocycles. The van der Waals surface area contributed by atoms with E-state index in [-0.39, 0.29) is 12.5 Å². The predicted molar refractivity (Wildman–Crippen MR) is 118 cm³/mol. The highest BCUT2D eigenvalue weighted by Gasteiger charge is 2.07. The van der Waals surface area contributed by atoms with Gasteiger partial charge in [0, 0.05) is 22.9 Å². The number of amides is 1.